The zero-order valence-corrected chi connectivity index (χ0v) is 13.9. The number of hydrogen-bond acceptors (Lipinski definition) is 5. The molecule has 1 aliphatic rings. The quantitative estimate of drug-likeness (QED) is 0.848. The van der Waals surface area contributed by atoms with Crippen molar-refractivity contribution in [2.24, 2.45) is 0 Å². The summed E-state index contributed by atoms with van der Waals surface area (Å²) < 4.78 is 4.99. The van der Waals surface area contributed by atoms with Crippen molar-refractivity contribution in [2.75, 3.05) is 39.8 Å². The number of rotatable bonds is 5. The van der Waals surface area contributed by atoms with Crippen molar-refractivity contribution in [1.29, 1.82) is 0 Å². The van der Waals surface area contributed by atoms with Gasteiger partial charge in [0.2, 0.25) is 11.8 Å². The summed E-state index contributed by atoms with van der Waals surface area (Å²) >= 11 is 0. The fourth-order valence-corrected chi connectivity index (χ4v) is 2.49. The number of ether oxygens (including phenoxy) is 1. The third kappa shape index (κ3) is 4.92. The number of nitrogens with one attached hydrogen (secondary N) is 1. The van der Waals surface area contributed by atoms with Crippen LogP contribution in [0.2, 0.25) is 0 Å². The molecule has 7 heteroatoms. The molecule has 1 fully saturated rings. The van der Waals surface area contributed by atoms with E-state index in [2.05, 4.69) is 15.2 Å². The number of piperazine rings is 1. The predicted octanol–water partition coefficient (Wildman–Crippen LogP) is 0.373. The Labute approximate surface area is 136 Å². The summed E-state index contributed by atoms with van der Waals surface area (Å²) in [5, 5.41) is 2.88. The lowest BCUT2D eigenvalue weighted by atomic mass is 10.2. The van der Waals surface area contributed by atoms with Crippen LogP contribution in [-0.2, 0) is 4.79 Å². The van der Waals surface area contributed by atoms with E-state index in [1.807, 2.05) is 13.8 Å². The Morgan fingerprint density at radius 3 is 2.48 bits per heavy atom. The van der Waals surface area contributed by atoms with Crippen LogP contribution < -0.4 is 10.1 Å². The zero-order valence-electron chi connectivity index (χ0n) is 13.9. The van der Waals surface area contributed by atoms with Gasteiger partial charge in [-0.2, -0.15) is 0 Å². The first-order chi connectivity index (χ1) is 11.0. The molecule has 7 nitrogen and oxygen atoms in total. The second-order valence-corrected chi connectivity index (χ2v) is 5.88. The number of pyridine rings is 1. The van der Waals surface area contributed by atoms with Gasteiger partial charge in [0.05, 0.1) is 19.2 Å². The van der Waals surface area contributed by atoms with E-state index in [9.17, 15) is 9.59 Å². The second kappa shape index (κ2) is 7.92. The molecule has 0 aromatic carbocycles. The van der Waals surface area contributed by atoms with Gasteiger partial charge in [0.1, 0.15) is 0 Å². The average Bonchev–Trinajstić information content (AvgIpc) is 2.54. The van der Waals surface area contributed by atoms with Gasteiger partial charge in [0, 0.05) is 44.5 Å². The molecule has 1 aromatic rings. The number of carbonyl (C=O) groups is 2. The van der Waals surface area contributed by atoms with E-state index in [1.54, 1.807) is 24.1 Å². The molecule has 0 unspecified atom stereocenters. The molecular formula is C16H24N4O3. The van der Waals surface area contributed by atoms with Crippen molar-refractivity contribution in [1.82, 2.24) is 20.1 Å². The number of carbonyl (C=O) groups excluding carboxylic acids is 2. The molecule has 1 N–H and O–H groups in total. The van der Waals surface area contributed by atoms with Crippen molar-refractivity contribution < 1.29 is 14.3 Å². The topological polar surface area (TPSA) is 74.8 Å². The van der Waals surface area contributed by atoms with E-state index >= 15 is 0 Å². The number of amides is 2. The fourth-order valence-electron chi connectivity index (χ4n) is 2.49. The Bertz CT molecular complexity index is 537. The third-order valence-corrected chi connectivity index (χ3v) is 3.67. The summed E-state index contributed by atoms with van der Waals surface area (Å²) in [5.74, 6) is 0.480. The molecule has 126 valence electrons. The lowest BCUT2D eigenvalue weighted by molar-refractivity contribution is -0.123. The fraction of sp³-hybridized carbons (Fsp3) is 0.562. The van der Waals surface area contributed by atoms with Crippen molar-refractivity contribution in [3.05, 3.63) is 23.9 Å². The number of hydrogen-bond donors (Lipinski definition) is 1. The summed E-state index contributed by atoms with van der Waals surface area (Å²) in [4.78, 5) is 32.1. The molecule has 0 spiro atoms. The summed E-state index contributed by atoms with van der Waals surface area (Å²) in [5.41, 5.74) is 0.553. The second-order valence-electron chi connectivity index (χ2n) is 5.88. The molecular weight excluding hydrogens is 296 g/mol. The van der Waals surface area contributed by atoms with E-state index in [0.717, 1.165) is 0 Å². The monoisotopic (exact) mass is 320 g/mol. The Morgan fingerprint density at radius 2 is 1.96 bits per heavy atom. The van der Waals surface area contributed by atoms with Crippen LogP contribution in [0.15, 0.2) is 18.3 Å². The molecule has 2 rings (SSSR count). The molecule has 0 radical (unpaired) electrons. The maximum atomic E-state index is 12.4. The first kappa shape index (κ1) is 17.2. The van der Waals surface area contributed by atoms with E-state index in [1.165, 1.54) is 6.20 Å². The summed E-state index contributed by atoms with van der Waals surface area (Å²) in [6, 6.07) is 3.55. The Balaban J connectivity index is 1.83. The van der Waals surface area contributed by atoms with Crippen molar-refractivity contribution in [3.63, 3.8) is 0 Å². The Morgan fingerprint density at radius 1 is 1.26 bits per heavy atom. The smallest absolute Gasteiger partial charge is 0.255 e. The highest BCUT2D eigenvalue weighted by Gasteiger charge is 2.23. The highest BCUT2D eigenvalue weighted by Crippen LogP contribution is 2.11. The first-order valence-corrected chi connectivity index (χ1v) is 7.80. The molecule has 1 saturated heterocycles. The largest absolute Gasteiger partial charge is 0.481 e. The highest BCUT2D eigenvalue weighted by atomic mass is 16.5. The van der Waals surface area contributed by atoms with Crippen LogP contribution in [0.4, 0.5) is 0 Å². The first-order valence-electron chi connectivity index (χ1n) is 7.80. The van der Waals surface area contributed by atoms with E-state index < -0.39 is 0 Å². The van der Waals surface area contributed by atoms with Crippen LogP contribution >= 0.6 is 0 Å². The SMILES string of the molecule is COc1ccc(C(=O)N2CCN(CC(=O)NC(C)C)CC2)cn1. The number of aromatic nitrogens is 1. The minimum absolute atomic E-state index is 0.0270. The molecule has 0 saturated carbocycles. The Kier molecular flexibility index (Phi) is 5.92. The average molecular weight is 320 g/mol. The van der Waals surface area contributed by atoms with Crippen LogP contribution in [0.25, 0.3) is 0 Å². The standard InChI is InChI=1S/C16H24N4O3/c1-12(2)18-14(21)11-19-6-8-20(9-7-19)16(22)13-4-5-15(23-3)17-10-13/h4-5,10,12H,6-9,11H2,1-3H3,(H,18,21). The minimum Gasteiger partial charge on any atom is -0.481 e. The normalized spacial score (nSPS) is 15.6. The van der Waals surface area contributed by atoms with Gasteiger partial charge >= 0.3 is 0 Å². The van der Waals surface area contributed by atoms with Crippen LogP contribution in [-0.4, -0.2) is 72.5 Å². The maximum Gasteiger partial charge on any atom is 0.255 e. The minimum atomic E-state index is -0.0357. The zero-order chi connectivity index (χ0) is 16.8. The van der Waals surface area contributed by atoms with E-state index in [4.69, 9.17) is 4.74 Å². The van der Waals surface area contributed by atoms with Crippen LogP contribution in [0.5, 0.6) is 5.88 Å². The van der Waals surface area contributed by atoms with Gasteiger partial charge in [-0.05, 0) is 19.9 Å². The van der Waals surface area contributed by atoms with Gasteiger partial charge in [0.15, 0.2) is 0 Å². The van der Waals surface area contributed by atoms with E-state index in [-0.39, 0.29) is 17.9 Å². The molecule has 0 atom stereocenters. The Hall–Kier alpha value is -2.15. The molecule has 1 aromatic heterocycles. The maximum absolute atomic E-state index is 12.4. The molecule has 1 aliphatic heterocycles. The van der Waals surface area contributed by atoms with Crippen LogP contribution in [0.3, 0.4) is 0 Å². The lowest BCUT2D eigenvalue weighted by Gasteiger charge is -2.34. The van der Waals surface area contributed by atoms with Gasteiger partial charge in [-0.1, -0.05) is 0 Å². The van der Waals surface area contributed by atoms with Crippen LogP contribution in [0.1, 0.15) is 24.2 Å². The third-order valence-electron chi connectivity index (χ3n) is 3.67. The lowest BCUT2D eigenvalue weighted by Crippen LogP contribution is -2.51. The molecule has 0 aliphatic carbocycles. The predicted molar refractivity (Wildman–Crippen MR) is 86.4 cm³/mol. The molecule has 2 amide bonds. The van der Waals surface area contributed by atoms with Gasteiger partial charge < -0.3 is 15.0 Å². The number of nitrogens with zero attached hydrogens (tertiary/aromatic N) is 3. The highest BCUT2D eigenvalue weighted by molar-refractivity contribution is 5.94. The van der Waals surface area contributed by atoms with Gasteiger partial charge in [-0.25, -0.2) is 4.98 Å². The van der Waals surface area contributed by atoms with Crippen LogP contribution in [0, 0.1) is 0 Å². The molecule has 0 bridgehead atoms. The van der Waals surface area contributed by atoms with Crippen molar-refractivity contribution >= 4 is 11.8 Å². The number of methoxy groups -OCH3 is 1. The van der Waals surface area contributed by atoms with E-state index in [0.29, 0.717) is 44.2 Å². The summed E-state index contributed by atoms with van der Waals surface area (Å²) in [6.45, 7) is 6.88. The molecule has 2 heterocycles. The van der Waals surface area contributed by atoms with Crippen molar-refractivity contribution in [2.45, 2.75) is 19.9 Å². The van der Waals surface area contributed by atoms with Gasteiger partial charge in [-0.3, -0.25) is 14.5 Å². The summed E-state index contributed by atoms with van der Waals surface area (Å²) in [6.07, 6.45) is 1.53. The van der Waals surface area contributed by atoms with Crippen molar-refractivity contribution in [3.8, 4) is 5.88 Å². The van der Waals surface area contributed by atoms with Gasteiger partial charge in [-0.15, -0.1) is 0 Å². The molecule has 23 heavy (non-hydrogen) atoms. The summed E-state index contributed by atoms with van der Waals surface area (Å²) in [7, 11) is 1.54. The van der Waals surface area contributed by atoms with Gasteiger partial charge in [0.25, 0.3) is 5.91 Å².